The molecule has 0 fully saturated rings. The third-order valence-electron chi connectivity index (χ3n) is 6.94. The number of nitrogens with one attached hydrogen (secondary N) is 2. The molecule has 3 aromatic carbocycles. The zero-order valence-corrected chi connectivity index (χ0v) is 24.8. The summed E-state index contributed by atoms with van der Waals surface area (Å²) in [6.07, 6.45) is 0. The molecule has 0 aliphatic carbocycles. The van der Waals surface area contributed by atoms with Crippen molar-refractivity contribution in [2.24, 2.45) is 5.73 Å². The number of phenolic OH excluding ortho intramolecular Hbond substituents is 2. The minimum atomic E-state index is -1.32. The van der Waals surface area contributed by atoms with Crippen LogP contribution in [0.1, 0.15) is 27.0 Å². The lowest BCUT2D eigenvalue weighted by Gasteiger charge is -2.36. The molecule has 13 heteroatoms. The fraction of sp³-hybridized carbons (Fsp3) is 0.355. The molecule has 44 heavy (non-hydrogen) atoms. The van der Waals surface area contributed by atoms with Crippen LogP contribution in [0, 0.1) is 0 Å². The smallest absolute Gasteiger partial charge is 0.340 e. The quantitative estimate of drug-likeness (QED) is 0.0953. The summed E-state index contributed by atoms with van der Waals surface area (Å²) in [7, 11) is 0. The molecule has 0 amide bonds. The Morgan fingerprint density at radius 2 is 1.32 bits per heavy atom. The summed E-state index contributed by atoms with van der Waals surface area (Å²) in [5.41, 5.74) is 6.70. The third kappa shape index (κ3) is 7.04. The van der Waals surface area contributed by atoms with E-state index in [0.29, 0.717) is 110 Å². The lowest BCUT2D eigenvalue weighted by atomic mass is 9.77. The summed E-state index contributed by atoms with van der Waals surface area (Å²) in [6.45, 7) is 4.79. The van der Waals surface area contributed by atoms with Crippen molar-refractivity contribution in [2.75, 3.05) is 71.3 Å². The second-order valence-corrected chi connectivity index (χ2v) is 10.3. The molecule has 0 aromatic heterocycles. The van der Waals surface area contributed by atoms with E-state index < -0.39 is 11.6 Å². The summed E-state index contributed by atoms with van der Waals surface area (Å²) >= 11 is 5.42. The molecule has 2 heterocycles. The Bertz CT molecular complexity index is 1430. The lowest BCUT2D eigenvalue weighted by molar-refractivity contribution is -0.000381. The van der Waals surface area contributed by atoms with Gasteiger partial charge < -0.3 is 55.0 Å². The van der Waals surface area contributed by atoms with Crippen LogP contribution in [0.3, 0.4) is 0 Å². The second-order valence-electron chi connectivity index (χ2n) is 9.91. The molecule has 3 aromatic rings. The second kappa shape index (κ2) is 14.7. The molecule has 0 unspecified atom stereocenters. The molecule has 0 bridgehead atoms. The Kier molecular flexibility index (Phi) is 10.5. The van der Waals surface area contributed by atoms with E-state index in [0.717, 1.165) is 0 Å². The summed E-state index contributed by atoms with van der Waals surface area (Å²) in [5, 5.41) is 26.7. The number of aromatic hydroxyl groups is 2. The van der Waals surface area contributed by atoms with Crippen LogP contribution in [-0.4, -0.2) is 87.2 Å². The maximum atomic E-state index is 13.3. The topological polar surface area (TPSA) is 163 Å². The number of fused-ring (bicyclic) bond motifs is 6. The molecular weight excluding hydrogens is 590 g/mol. The maximum absolute atomic E-state index is 13.3. The SMILES string of the molecule is NCCOCCOCCOCCOCCNC(=S)Nc1ccc2c(c1)C(=O)OC21c2ccc(O)cc2Oc2cc(O)ccc21. The highest BCUT2D eigenvalue weighted by Gasteiger charge is 2.53. The van der Waals surface area contributed by atoms with Gasteiger partial charge in [-0.05, 0) is 48.6 Å². The minimum absolute atomic E-state index is 0.00599. The van der Waals surface area contributed by atoms with Crippen LogP contribution in [0.4, 0.5) is 5.69 Å². The van der Waals surface area contributed by atoms with E-state index in [2.05, 4.69) is 10.6 Å². The zero-order chi connectivity index (χ0) is 30.9. The highest BCUT2D eigenvalue weighted by molar-refractivity contribution is 7.80. The van der Waals surface area contributed by atoms with E-state index in [4.69, 9.17) is 46.4 Å². The van der Waals surface area contributed by atoms with Crippen LogP contribution in [0.25, 0.3) is 0 Å². The molecule has 6 N–H and O–H groups in total. The van der Waals surface area contributed by atoms with E-state index in [1.165, 1.54) is 24.3 Å². The Labute approximate surface area is 260 Å². The van der Waals surface area contributed by atoms with E-state index in [1.54, 1.807) is 30.3 Å². The van der Waals surface area contributed by atoms with Crippen molar-refractivity contribution in [3.05, 3.63) is 76.9 Å². The molecule has 5 rings (SSSR count). The largest absolute Gasteiger partial charge is 0.508 e. The van der Waals surface area contributed by atoms with E-state index in [9.17, 15) is 15.0 Å². The van der Waals surface area contributed by atoms with Gasteiger partial charge >= 0.3 is 5.97 Å². The number of nitrogens with two attached hydrogens (primary N) is 1. The normalized spacial score (nSPS) is 13.9. The predicted octanol–water partition coefficient (Wildman–Crippen LogP) is 2.98. The highest BCUT2D eigenvalue weighted by atomic mass is 32.1. The van der Waals surface area contributed by atoms with Gasteiger partial charge in [0.15, 0.2) is 10.7 Å². The van der Waals surface area contributed by atoms with Gasteiger partial charge in [0.2, 0.25) is 0 Å². The maximum Gasteiger partial charge on any atom is 0.340 e. The zero-order valence-electron chi connectivity index (χ0n) is 24.0. The van der Waals surface area contributed by atoms with E-state index >= 15 is 0 Å². The van der Waals surface area contributed by atoms with Crippen LogP contribution in [0.5, 0.6) is 23.0 Å². The standard InChI is InChI=1S/C31H35N3O9S/c32-7-9-38-11-13-40-15-16-41-14-12-39-10-8-33-30(44)34-20-1-4-24-23(17-20)29(37)43-31(24)25-5-2-21(35)18-27(25)42-28-19-22(36)3-6-26(28)31/h1-6,17-19,35-36H,7-16,32H2,(H2,33,34,44). The van der Waals surface area contributed by atoms with Crippen LogP contribution in [0.15, 0.2) is 54.6 Å². The molecule has 234 valence electrons. The number of phenols is 2. The van der Waals surface area contributed by atoms with Crippen molar-refractivity contribution in [2.45, 2.75) is 5.60 Å². The average Bonchev–Trinajstić information content (AvgIpc) is 3.28. The first kappa shape index (κ1) is 31.4. The first-order valence-electron chi connectivity index (χ1n) is 14.2. The molecule has 12 nitrogen and oxygen atoms in total. The van der Waals surface area contributed by atoms with Crippen LogP contribution < -0.4 is 21.1 Å². The van der Waals surface area contributed by atoms with Gasteiger partial charge in [0.05, 0.1) is 58.4 Å². The van der Waals surface area contributed by atoms with Crippen LogP contribution in [-0.2, 0) is 29.3 Å². The summed E-state index contributed by atoms with van der Waals surface area (Å²) in [4.78, 5) is 13.3. The molecular formula is C31H35N3O9S. The molecule has 0 saturated heterocycles. The molecule has 0 saturated carbocycles. The third-order valence-corrected chi connectivity index (χ3v) is 7.19. The number of ether oxygens (including phenoxy) is 6. The number of carbonyl (C=O) groups is 1. The molecule has 2 aliphatic heterocycles. The van der Waals surface area contributed by atoms with Gasteiger partial charge in [0, 0.05) is 47.6 Å². The van der Waals surface area contributed by atoms with Gasteiger partial charge in [-0.3, -0.25) is 0 Å². The Morgan fingerprint density at radius 1 is 0.773 bits per heavy atom. The Morgan fingerprint density at radius 3 is 1.91 bits per heavy atom. The average molecular weight is 626 g/mol. The lowest BCUT2D eigenvalue weighted by Crippen LogP contribution is -2.33. The van der Waals surface area contributed by atoms with Crippen molar-refractivity contribution < 1.29 is 43.4 Å². The Balaban J connectivity index is 1.12. The fourth-order valence-electron chi connectivity index (χ4n) is 5.04. The number of hydrogen-bond acceptors (Lipinski definition) is 11. The number of thiocarbonyl (C=S) groups is 1. The first-order valence-corrected chi connectivity index (χ1v) is 14.6. The Hall–Kier alpha value is -3.98. The van der Waals surface area contributed by atoms with Crippen molar-refractivity contribution in [3.63, 3.8) is 0 Å². The number of hydrogen-bond donors (Lipinski definition) is 5. The van der Waals surface area contributed by atoms with E-state index in [-0.39, 0.29) is 11.5 Å². The number of anilines is 1. The summed E-state index contributed by atoms with van der Waals surface area (Å²) < 4.78 is 33.7. The summed E-state index contributed by atoms with van der Waals surface area (Å²) in [5.74, 6) is 0.0991. The molecule has 1 spiro atoms. The number of carbonyl (C=O) groups excluding carboxylic acids is 1. The van der Waals surface area contributed by atoms with Crippen molar-refractivity contribution in [1.29, 1.82) is 0 Å². The van der Waals surface area contributed by atoms with Gasteiger partial charge in [0.1, 0.15) is 23.0 Å². The number of esters is 1. The van der Waals surface area contributed by atoms with Crippen LogP contribution in [0.2, 0.25) is 0 Å². The van der Waals surface area contributed by atoms with E-state index in [1.807, 2.05) is 0 Å². The first-order chi connectivity index (χ1) is 21.4. The number of rotatable bonds is 15. The molecule has 0 radical (unpaired) electrons. The van der Waals surface area contributed by atoms with Gasteiger partial charge in [-0.2, -0.15) is 0 Å². The van der Waals surface area contributed by atoms with Crippen molar-refractivity contribution >= 4 is 29.0 Å². The van der Waals surface area contributed by atoms with Crippen molar-refractivity contribution in [3.8, 4) is 23.0 Å². The fourth-order valence-corrected chi connectivity index (χ4v) is 5.26. The number of benzene rings is 3. The molecule has 2 aliphatic rings. The summed E-state index contributed by atoms with van der Waals surface area (Å²) in [6, 6.07) is 14.5. The monoisotopic (exact) mass is 625 g/mol. The van der Waals surface area contributed by atoms with Crippen LogP contribution >= 0.6 is 12.2 Å². The highest BCUT2D eigenvalue weighted by Crippen LogP contribution is 2.57. The minimum Gasteiger partial charge on any atom is -0.508 e. The van der Waals surface area contributed by atoms with Crippen molar-refractivity contribution in [1.82, 2.24) is 5.32 Å². The predicted molar refractivity (Wildman–Crippen MR) is 165 cm³/mol. The molecule has 0 atom stereocenters. The van der Waals surface area contributed by atoms with Gasteiger partial charge in [-0.25, -0.2) is 4.79 Å². The van der Waals surface area contributed by atoms with Gasteiger partial charge in [-0.1, -0.05) is 6.07 Å². The van der Waals surface area contributed by atoms with Gasteiger partial charge in [0.25, 0.3) is 0 Å². The van der Waals surface area contributed by atoms with Gasteiger partial charge in [-0.15, -0.1) is 0 Å².